The van der Waals surface area contributed by atoms with Crippen molar-refractivity contribution < 1.29 is 0 Å². The summed E-state index contributed by atoms with van der Waals surface area (Å²) in [5, 5.41) is 4.94. The molecule has 25 heavy (non-hydrogen) atoms. The molecule has 0 saturated carbocycles. The van der Waals surface area contributed by atoms with E-state index in [1.54, 1.807) is 28.9 Å². The number of fused-ring (bicyclic) bond motifs is 1. The molecule has 1 aromatic carbocycles. The third kappa shape index (κ3) is 3.18. The molecule has 4 aromatic rings. The summed E-state index contributed by atoms with van der Waals surface area (Å²) in [5.41, 5.74) is 1.05. The lowest BCUT2D eigenvalue weighted by molar-refractivity contribution is 0.819. The molecular weight excluding hydrogens is 350 g/mol. The Labute approximate surface area is 152 Å². The third-order valence-corrected chi connectivity index (χ3v) is 6.09. The van der Waals surface area contributed by atoms with E-state index in [-0.39, 0.29) is 5.56 Å². The molecule has 124 valence electrons. The van der Waals surface area contributed by atoms with Crippen molar-refractivity contribution in [2.75, 3.05) is 0 Å². The molecule has 3 aromatic heterocycles. The minimum absolute atomic E-state index is 0.128. The van der Waals surface area contributed by atoms with Crippen LogP contribution >= 0.6 is 22.7 Å². The second-order valence-electron chi connectivity index (χ2n) is 5.49. The van der Waals surface area contributed by atoms with Crippen LogP contribution in [0.4, 0.5) is 0 Å². The molecule has 0 amide bonds. The van der Waals surface area contributed by atoms with Crippen molar-refractivity contribution in [3.05, 3.63) is 75.0 Å². The smallest absolute Gasteiger partial charge is 0.267 e. The van der Waals surface area contributed by atoms with E-state index < -0.39 is 0 Å². The van der Waals surface area contributed by atoms with Crippen molar-refractivity contribution in [1.82, 2.24) is 9.66 Å². The highest BCUT2D eigenvalue weighted by molar-refractivity contribution is 7.18. The Hall–Kier alpha value is -2.57. The monoisotopic (exact) mass is 365 g/mol. The lowest BCUT2D eigenvalue weighted by Gasteiger charge is -1.96. The van der Waals surface area contributed by atoms with Gasteiger partial charge in [0.05, 0.1) is 11.6 Å². The maximum absolute atomic E-state index is 12.5. The standard InChI is InChI=1S/C19H15N3OS2/c1-2-14-10-16-18(25-14)20-12-22(19(16)23)21-11-15-8-9-17(24-15)13-6-4-3-5-7-13/h3-12H,2H2,1H3/b21-11-. The van der Waals surface area contributed by atoms with Gasteiger partial charge in [-0.15, -0.1) is 22.7 Å². The highest BCUT2D eigenvalue weighted by Crippen LogP contribution is 2.27. The molecule has 0 spiro atoms. The van der Waals surface area contributed by atoms with Crippen LogP contribution < -0.4 is 5.56 Å². The van der Waals surface area contributed by atoms with Crippen LogP contribution in [0.25, 0.3) is 20.7 Å². The van der Waals surface area contributed by atoms with Crippen molar-refractivity contribution in [3.8, 4) is 10.4 Å². The van der Waals surface area contributed by atoms with Gasteiger partial charge in [-0.25, -0.2) is 4.98 Å². The predicted molar refractivity (Wildman–Crippen MR) is 106 cm³/mol. The maximum atomic E-state index is 12.5. The van der Waals surface area contributed by atoms with Gasteiger partial charge in [0, 0.05) is 14.6 Å². The Kier molecular flexibility index (Phi) is 4.29. The number of hydrogen-bond acceptors (Lipinski definition) is 5. The minimum atomic E-state index is -0.128. The van der Waals surface area contributed by atoms with E-state index in [1.165, 1.54) is 21.4 Å². The molecule has 0 unspecified atom stereocenters. The average Bonchev–Trinajstić information content (AvgIpc) is 3.29. The topological polar surface area (TPSA) is 47.2 Å². The molecule has 0 atom stereocenters. The van der Waals surface area contributed by atoms with Crippen molar-refractivity contribution >= 4 is 39.1 Å². The first kappa shape index (κ1) is 15.9. The van der Waals surface area contributed by atoms with Crippen LogP contribution in [0.1, 0.15) is 16.7 Å². The first-order chi connectivity index (χ1) is 12.2. The van der Waals surface area contributed by atoms with Crippen LogP contribution in [0, 0.1) is 0 Å². The number of aryl methyl sites for hydroxylation is 1. The molecule has 0 fully saturated rings. The molecular formula is C19H15N3OS2. The van der Waals surface area contributed by atoms with E-state index >= 15 is 0 Å². The van der Waals surface area contributed by atoms with Gasteiger partial charge in [-0.2, -0.15) is 9.78 Å². The molecule has 0 aliphatic rings. The molecule has 4 nitrogen and oxygen atoms in total. The maximum Gasteiger partial charge on any atom is 0.282 e. The van der Waals surface area contributed by atoms with Gasteiger partial charge in [0.1, 0.15) is 11.2 Å². The van der Waals surface area contributed by atoms with Gasteiger partial charge in [-0.05, 0) is 30.2 Å². The number of rotatable bonds is 4. The zero-order valence-corrected chi connectivity index (χ0v) is 15.2. The summed E-state index contributed by atoms with van der Waals surface area (Å²) in [5.74, 6) is 0. The Balaban J connectivity index is 1.64. The minimum Gasteiger partial charge on any atom is -0.267 e. The summed E-state index contributed by atoms with van der Waals surface area (Å²) >= 11 is 3.20. The van der Waals surface area contributed by atoms with Gasteiger partial charge in [-0.1, -0.05) is 37.3 Å². The summed E-state index contributed by atoms with van der Waals surface area (Å²) in [4.78, 5) is 21.0. The Morgan fingerprint density at radius 3 is 2.80 bits per heavy atom. The molecule has 4 rings (SSSR count). The fourth-order valence-corrected chi connectivity index (χ4v) is 4.32. The summed E-state index contributed by atoms with van der Waals surface area (Å²) in [6.45, 7) is 2.07. The summed E-state index contributed by atoms with van der Waals surface area (Å²) in [6.07, 6.45) is 4.10. The third-order valence-electron chi connectivity index (χ3n) is 3.83. The van der Waals surface area contributed by atoms with Gasteiger partial charge in [-0.3, -0.25) is 4.79 Å². The zero-order chi connectivity index (χ0) is 17.2. The lowest BCUT2D eigenvalue weighted by Crippen LogP contribution is -2.16. The molecule has 0 saturated heterocycles. The first-order valence-corrected chi connectivity index (χ1v) is 9.57. The SMILES string of the molecule is CCc1cc2c(=O)n(/N=C\c3ccc(-c4ccccc4)s3)cnc2s1. The molecule has 0 aliphatic heterocycles. The summed E-state index contributed by atoms with van der Waals surface area (Å²) in [6, 6.07) is 16.2. The number of benzene rings is 1. The quantitative estimate of drug-likeness (QED) is 0.495. The van der Waals surface area contributed by atoms with E-state index in [1.807, 2.05) is 30.3 Å². The second kappa shape index (κ2) is 6.74. The number of aromatic nitrogens is 2. The van der Waals surface area contributed by atoms with Gasteiger partial charge in [0.15, 0.2) is 0 Å². The van der Waals surface area contributed by atoms with Crippen LogP contribution in [0.3, 0.4) is 0 Å². The largest absolute Gasteiger partial charge is 0.282 e. The highest BCUT2D eigenvalue weighted by atomic mass is 32.1. The number of thiophene rings is 2. The highest BCUT2D eigenvalue weighted by Gasteiger charge is 2.07. The predicted octanol–water partition coefficient (Wildman–Crippen LogP) is 4.63. The second-order valence-corrected chi connectivity index (χ2v) is 7.72. The number of hydrogen-bond donors (Lipinski definition) is 0. The van der Waals surface area contributed by atoms with Gasteiger partial charge in [0.2, 0.25) is 0 Å². The van der Waals surface area contributed by atoms with E-state index in [9.17, 15) is 4.79 Å². The molecule has 0 aliphatic carbocycles. The van der Waals surface area contributed by atoms with Crippen molar-refractivity contribution in [2.45, 2.75) is 13.3 Å². The van der Waals surface area contributed by atoms with E-state index in [2.05, 4.69) is 35.2 Å². The Bertz CT molecular complexity index is 1110. The average molecular weight is 365 g/mol. The van der Waals surface area contributed by atoms with Gasteiger partial charge < -0.3 is 0 Å². The van der Waals surface area contributed by atoms with Crippen molar-refractivity contribution in [3.63, 3.8) is 0 Å². The Morgan fingerprint density at radius 2 is 2.00 bits per heavy atom. The first-order valence-electron chi connectivity index (χ1n) is 7.94. The van der Waals surface area contributed by atoms with Crippen LogP contribution in [-0.2, 0) is 6.42 Å². The van der Waals surface area contributed by atoms with E-state index in [0.29, 0.717) is 5.39 Å². The van der Waals surface area contributed by atoms with Gasteiger partial charge in [0.25, 0.3) is 5.56 Å². The molecule has 3 heterocycles. The van der Waals surface area contributed by atoms with E-state index in [0.717, 1.165) is 21.0 Å². The summed E-state index contributed by atoms with van der Waals surface area (Å²) in [7, 11) is 0. The van der Waals surface area contributed by atoms with E-state index in [4.69, 9.17) is 0 Å². The number of nitrogens with zero attached hydrogens (tertiary/aromatic N) is 3. The van der Waals surface area contributed by atoms with Crippen molar-refractivity contribution in [2.24, 2.45) is 5.10 Å². The normalized spacial score (nSPS) is 11.6. The molecule has 6 heteroatoms. The molecule has 0 radical (unpaired) electrons. The van der Waals surface area contributed by atoms with Crippen molar-refractivity contribution in [1.29, 1.82) is 0 Å². The van der Waals surface area contributed by atoms with Crippen LogP contribution in [0.15, 0.2) is 64.8 Å². The zero-order valence-electron chi connectivity index (χ0n) is 13.5. The molecule has 0 N–H and O–H groups in total. The van der Waals surface area contributed by atoms with Crippen LogP contribution in [-0.4, -0.2) is 15.9 Å². The summed E-state index contributed by atoms with van der Waals surface area (Å²) < 4.78 is 1.30. The van der Waals surface area contributed by atoms with Gasteiger partial charge >= 0.3 is 0 Å². The van der Waals surface area contributed by atoms with Crippen LogP contribution in [0.5, 0.6) is 0 Å². The Morgan fingerprint density at radius 1 is 1.16 bits per heavy atom. The van der Waals surface area contributed by atoms with Crippen LogP contribution in [0.2, 0.25) is 0 Å². The lowest BCUT2D eigenvalue weighted by atomic mass is 10.2. The fraction of sp³-hybridized carbons (Fsp3) is 0.105. The molecule has 0 bridgehead atoms. The fourth-order valence-electron chi connectivity index (χ4n) is 2.52.